The maximum absolute atomic E-state index is 11.0. The molecule has 1 heterocycles. The van der Waals surface area contributed by atoms with Crippen LogP contribution in [-0.4, -0.2) is 31.9 Å². The molecule has 4 heteroatoms. The number of benzene rings is 1. The minimum atomic E-state index is 0.515. The summed E-state index contributed by atoms with van der Waals surface area (Å²) >= 11 is 0. The largest absolute Gasteiger partial charge is 0.497 e. The second-order valence-corrected chi connectivity index (χ2v) is 3.77. The third kappa shape index (κ3) is 2.22. The van der Waals surface area contributed by atoms with Crippen LogP contribution in [0.5, 0.6) is 5.75 Å². The van der Waals surface area contributed by atoms with Crippen molar-refractivity contribution in [1.29, 1.82) is 0 Å². The van der Waals surface area contributed by atoms with Crippen molar-refractivity contribution < 1.29 is 9.53 Å². The van der Waals surface area contributed by atoms with Gasteiger partial charge in [0.25, 0.3) is 0 Å². The van der Waals surface area contributed by atoms with Crippen molar-refractivity contribution in [2.24, 2.45) is 4.99 Å². The van der Waals surface area contributed by atoms with Crippen molar-refractivity contribution in [1.82, 2.24) is 0 Å². The van der Waals surface area contributed by atoms with Gasteiger partial charge >= 0.3 is 0 Å². The highest BCUT2D eigenvalue weighted by molar-refractivity contribution is 6.08. The molecule has 0 unspecified atom stereocenters. The van der Waals surface area contributed by atoms with E-state index in [2.05, 4.69) is 4.99 Å². The highest BCUT2D eigenvalue weighted by Crippen LogP contribution is 2.23. The number of rotatable bonds is 2. The van der Waals surface area contributed by atoms with Crippen LogP contribution in [0.3, 0.4) is 0 Å². The van der Waals surface area contributed by atoms with Crippen molar-refractivity contribution in [3.63, 3.8) is 0 Å². The predicted octanol–water partition coefficient (Wildman–Crippen LogP) is 1.69. The Morgan fingerprint density at radius 1 is 1.35 bits per heavy atom. The maximum atomic E-state index is 11.0. The van der Waals surface area contributed by atoms with Crippen LogP contribution < -0.4 is 9.64 Å². The highest BCUT2D eigenvalue weighted by atomic mass is 16.5. The molecule has 4 nitrogen and oxygen atoms in total. The molecule has 0 saturated carbocycles. The molecule has 1 aliphatic heterocycles. The van der Waals surface area contributed by atoms with Gasteiger partial charge < -0.3 is 9.64 Å². The van der Waals surface area contributed by atoms with Gasteiger partial charge in [-0.05, 0) is 31.2 Å². The van der Waals surface area contributed by atoms with E-state index in [0.29, 0.717) is 18.8 Å². The Morgan fingerprint density at radius 3 is 2.65 bits per heavy atom. The second kappa shape index (κ2) is 4.85. The summed E-state index contributed by atoms with van der Waals surface area (Å²) < 4.78 is 5.10. The van der Waals surface area contributed by atoms with E-state index < -0.39 is 0 Å². The lowest BCUT2D eigenvalue weighted by Crippen LogP contribution is -2.33. The summed E-state index contributed by atoms with van der Waals surface area (Å²) in [7, 11) is 1.63. The van der Waals surface area contributed by atoms with E-state index in [0.717, 1.165) is 17.1 Å². The third-order valence-electron chi connectivity index (χ3n) is 2.77. The summed E-state index contributed by atoms with van der Waals surface area (Å²) in [6.45, 7) is 3.23. The van der Waals surface area contributed by atoms with E-state index >= 15 is 0 Å². The van der Waals surface area contributed by atoms with Crippen LogP contribution in [0.15, 0.2) is 35.0 Å². The van der Waals surface area contributed by atoms with Crippen molar-refractivity contribution >= 4 is 17.3 Å². The van der Waals surface area contributed by atoms with Crippen LogP contribution in [0.4, 0.5) is 5.69 Å². The lowest BCUT2D eigenvalue weighted by molar-refractivity contribution is 0.415. The van der Waals surface area contributed by atoms with E-state index in [1.807, 2.05) is 42.0 Å². The number of hydrogen-bond donors (Lipinski definition) is 0. The van der Waals surface area contributed by atoms with Crippen LogP contribution >= 0.6 is 0 Å². The summed E-state index contributed by atoms with van der Waals surface area (Å²) in [5, 5.41) is 0. The smallest absolute Gasteiger partial charge is 0.152 e. The molecule has 88 valence electrons. The first kappa shape index (κ1) is 11.4. The minimum Gasteiger partial charge on any atom is -0.497 e. The summed E-state index contributed by atoms with van der Waals surface area (Å²) in [5.41, 5.74) is 2.21. The second-order valence-electron chi connectivity index (χ2n) is 3.77. The fourth-order valence-corrected chi connectivity index (χ4v) is 1.85. The van der Waals surface area contributed by atoms with Gasteiger partial charge in [-0.2, -0.15) is 0 Å². The topological polar surface area (TPSA) is 41.9 Å². The fraction of sp³-hybridized carbons (Fsp3) is 0.308. The number of methoxy groups -OCH3 is 1. The van der Waals surface area contributed by atoms with Crippen molar-refractivity contribution in [3.05, 3.63) is 30.0 Å². The van der Waals surface area contributed by atoms with Gasteiger partial charge in [0, 0.05) is 12.2 Å². The zero-order valence-corrected chi connectivity index (χ0v) is 9.93. The number of hydrogen-bond acceptors (Lipinski definition) is 4. The Morgan fingerprint density at radius 2 is 2.06 bits per heavy atom. The van der Waals surface area contributed by atoms with E-state index in [1.165, 1.54) is 0 Å². The Balaban J connectivity index is 2.33. The molecule has 0 amide bonds. The van der Waals surface area contributed by atoms with Crippen molar-refractivity contribution in [3.8, 4) is 5.75 Å². The molecule has 0 N–H and O–H groups in total. The first-order chi connectivity index (χ1) is 8.26. The lowest BCUT2D eigenvalue weighted by atomic mass is 10.2. The van der Waals surface area contributed by atoms with E-state index in [4.69, 9.17) is 4.74 Å². The summed E-state index contributed by atoms with van der Waals surface area (Å²) in [6.07, 6.45) is 0. The number of allylic oxidation sites excluding steroid dienone is 1. The van der Waals surface area contributed by atoms with Gasteiger partial charge in [0.2, 0.25) is 0 Å². The number of aliphatic imine (C=N–C) groups is 1. The molecule has 0 saturated heterocycles. The van der Waals surface area contributed by atoms with Crippen LogP contribution in [-0.2, 0) is 4.79 Å². The number of ether oxygens (including phenoxy) is 1. The molecule has 0 radical (unpaired) electrons. The zero-order chi connectivity index (χ0) is 12.3. The van der Waals surface area contributed by atoms with Crippen LogP contribution in [0.2, 0.25) is 0 Å². The summed E-state index contributed by atoms with van der Waals surface area (Å²) in [6, 6.07) is 7.60. The highest BCUT2D eigenvalue weighted by Gasteiger charge is 2.19. The molecule has 0 fully saturated rings. The number of anilines is 1. The summed E-state index contributed by atoms with van der Waals surface area (Å²) in [4.78, 5) is 17.1. The molecule has 1 aromatic carbocycles. The van der Waals surface area contributed by atoms with E-state index in [-0.39, 0.29) is 0 Å². The molecule has 0 aliphatic carbocycles. The Bertz CT molecular complexity index is 485. The van der Waals surface area contributed by atoms with Gasteiger partial charge in [0.1, 0.15) is 11.4 Å². The predicted molar refractivity (Wildman–Crippen MR) is 67.5 cm³/mol. The molecule has 0 aromatic heterocycles. The zero-order valence-electron chi connectivity index (χ0n) is 9.93. The number of nitrogens with zero attached hydrogens (tertiary/aromatic N) is 2. The molecule has 17 heavy (non-hydrogen) atoms. The van der Waals surface area contributed by atoms with Gasteiger partial charge in [-0.3, -0.25) is 4.99 Å². The molecule has 0 bridgehead atoms. The fourth-order valence-electron chi connectivity index (χ4n) is 1.85. The quantitative estimate of drug-likeness (QED) is 0.726. The monoisotopic (exact) mass is 230 g/mol. The Hall–Kier alpha value is -2.06. The van der Waals surface area contributed by atoms with Crippen LogP contribution in [0.1, 0.15) is 6.92 Å². The maximum Gasteiger partial charge on any atom is 0.152 e. The molecule has 0 spiro atoms. The molecule has 2 rings (SSSR count). The first-order valence-corrected chi connectivity index (χ1v) is 5.44. The average molecular weight is 230 g/mol. The van der Waals surface area contributed by atoms with Gasteiger partial charge in [0.05, 0.1) is 19.4 Å². The molecule has 0 atom stereocenters. The number of carbonyl (C=O) groups excluding carboxylic acids is 1. The van der Waals surface area contributed by atoms with Gasteiger partial charge in [-0.1, -0.05) is 0 Å². The van der Waals surface area contributed by atoms with Crippen molar-refractivity contribution in [2.45, 2.75) is 6.92 Å². The minimum absolute atomic E-state index is 0.515. The van der Waals surface area contributed by atoms with Gasteiger partial charge in [0.15, 0.2) is 5.94 Å². The van der Waals surface area contributed by atoms with Crippen LogP contribution in [0, 0.1) is 0 Å². The van der Waals surface area contributed by atoms with Gasteiger partial charge in [-0.25, -0.2) is 4.79 Å². The van der Waals surface area contributed by atoms with Crippen molar-refractivity contribution in [2.75, 3.05) is 25.1 Å². The third-order valence-corrected chi connectivity index (χ3v) is 2.77. The Kier molecular flexibility index (Phi) is 3.26. The normalized spacial score (nSPS) is 15.3. The standard InChI is InChI=1S/C13H14N2O2/c1-10-13(9-16)15(8-7-14-10)11-3-5-12(17-2)6-4-11/h3-6H,7-8H2,1-2H3. The molecule has 1 aliphatic rings. The molecule has 1 aromatic rings. The lowest BCUT2D eigenvalue weighted by Gasteiger charge is -2.27. The first-order valence-electron chi connectivity index (χ1n) is 5.44. The summed E-state index contributed by atoms with van der Waals surface area (Å²) in [5.74, 6) is 2.76. The van der Waals surface area contributed by atoms with E-state index in [1.54, 1.807) is 7.11 Å². The molecular formula is C13H14N2O2. The SMILES string of the molecule is COc1ccc(N2CCN=C(C)C2=C=O)cc1. The average Bonchev–Trinajstić information content (AvgIpc) is 2.38. The van der Waals surface area contributed by atoms with Crippen LogP contribution in [0.25, 0.3) is 0 Å². The molecular weight excluding hydrogens is 216 g/mol. The van der Waals surface area contributed by atoms with Gasteiger partial charge in [-0.15, -0.1) is 0 Å². The Labute approximate surface area is 100 Å². The van der Waals surface area contributed by atoms with E-state index in [9.17, 15) is 4.79 Å².